The molecule has 16 heavy (non-hydrogen) atoms. The van der Waals surface area contributed by atoms with Crippen molar-refractivity contribution in [3.05, 3.63) is 23.7 Å². The van der Waals surface area contributed by atoms with Gasteiger partial charge in [0, 0.05) is 6.04 Å². The fraction of sp³-hybridized carbons (Fsp3) is 0.692. The second-order valence-corrected chi connectivity index (χ2v) is 4.51. The first kappa shape index (κ1) is 13.3. The molecule has 0 aliphatic rings. The molecule has 3 nitrogen and oxygen atoms in total. The third-order valence-electron chi connectivity index (χ3n) is 3.18. The normalized spacial score (nSPS) is 17.1. The molecule has 0 aliphatic heterocycles. The number of hydrogen-bond acceptors (Lipinski definition) is 3. The summed E-state index contributed by atoms with van der Waals surface area (Å²) in [6.45, 7) is 8.45. The Bertz CT molecular complexity index is 309. The van der Waals surface area contributed by atoms with Crippen molar-refractivity contribution in [1.82, 2.24) is 5.32 Å². The van der Waals surface area contributed by atoms with Crippen molar-refractivity contribution in [2.75, 3.05) is 6.61 Å². The van der Waals surface area contributed by atoms with Gasteiger partial charge in [0.25, 0.3) is 0 Å². The van der Waals surface area contributed by atoms with Crippen molar-refractivity contribution in [1.29, 1.82) is 0 Å². The maximum absolute atomic E-state index is 9.34. The summed E-state index contributed by atoms with van der Waals surface area (Å²) in [5.74, 6) is 2.32. The molecule has 1 aromatic rings. The molecular weight excluding hydrogens is 202 g/mol. The molecule has 0 aromatic carbocycles. The van der Waals surface area contributed by atoms with E-state index in [-0.39, 0.29) is 18.7 Å². The van der Waals surface area contributed by atoms with Gasteiger partial charge in [-0.3, -0.25) is 0 Å². The van der Waals surface area contributed by atoms with Crippen LogP contribution in [0.2, 0.25) is 0 Å². The molecule has 92 valence electrons. The van der Waals surface area contributed by atoms with E-state index in [2.05, 4.69) is 26.1 Å². The number of aliphatic hydroxyl groups is 1. The Morgan fingerprint density at radius 2 is 2.06 bits per heavy atom. The second-order valence-electron chi connectivity index (χ2n) is 4.51. The predicted octanol–water partition coefficient (Wildman–Crippen LogP) is 2.65. The topological polar surface area (TPSA) is 45.4 Å². The van der Waals surface area contributed by atoms with Gasteiger partial charge in [0.2, 0.25) is 0 Å². The van der Waals surface area contributed by atoms with Crippen LogP contribution in [0.1, 0.15) is 44.8 Å². The summed E-state index contributed by atoms with van der Waals surface area (Å²) in [4.78, 5) is 0. The second kappa shape index (κ2) is 6.06. The molecule has 3 atom stereocenters. The number of furan rings is 1. The van der Waals surface area contributed by atoms with Crippen LogP contribution in [-0.2, 0) is 0 Å². The molecule has 1 aromatic heterocycles. The highest BCUT2D eigenvalue weighted by Gasteiger charge is 2.19. The highest BCUT2D eigenvalue weighted by Crippen LogP contribution is 2.18. The van der Waals surface area contributed by atoms with E-state index in [1.807, 2.05) is 19.1 Å². The maximum Gasteiger partial charge on any atom is 0.120 e. The smallest absolute Gasteiger partial charge is 0.120 e. The number of aliphatic hydroxyl groups excluding tert-OH is 1. The van der Waals surface area contributed by atoms with Gasteiger partial charge in [-0.15, -0.1) is 0 Å². The van der Waals surface area contributed by atoms with Crippen molar-refractivity contribution in [3.63, 3.8) is 0 Å². The number of rotatable bonds is 6. The Labute approximate surface area is 97.9 Å². The molecule has 0 bridgehead atoms. The lowest BCUT2D eigenvalue weighted by molar-refractivity contribution is 0.188. The number of hydrogen-bond donors (Lipinski definition) is 2. The molecule has 0 spiro atoms. The predicted molar refractivity (Wildman–Crippen MR) is 65.3 cm³/mol. The van der Waals surface area contributed by atoms with Gasteiger partial charge >= 0.3 is 0 Å². The monoisotopic (exact) mass is 225 g/mol. The van der Waals surface area contributed by atoms with Gasteiger partial charge in [0.1, 0.15) is 11.5 Å². The minimum Gasteiger partial charge on any atom is -0.465 e. The molecule has 0 amide bonds. The molecule has 1 heterocycles. The van der Waals surface area contributed by atoms with Crippen LogP contribution in [0.5, 0.6) is 0 Å². The average Bonchev–Trinajstić information content (AvgIpc) is 2.71. The van der Waals surface area contributed by atoms with E-state index < -0.39 is 0 Å². The van der Waals surface area contributed by atoms with Crippen LogP contribution in [0, 0.1) is 12.8 Å². The standard InChI is InChI=1S/C13H23NO2/c1-5-9(2)12(8-15)14-11(4)13-7-6-10(3)16-13/h6-7,9,11-12,14-15H,5,8H2,1-4H3. The molecule has 0 saturated carbocycles. The zero-order valence-corrected chi connectivity index (χ0v) is 10.7. The van der Waals surface area contributed by atoms with Gasteiger partial charge in [-0.2, -0.15) is 0 Å². The Kier molecular flexibility index (Phi) is 5.03. The van der Waals surface area contributed by atoms with Gasteiger partial charge in [-0.05, 0) is 31.9 Å². The van der Waals surface area contributed by atoms with Crippen molar-refractivity contribution in [3.8, 4) is 0 Å². The van der Waals surface area contributed by atoms with Crippen molar-refractivity contribution >= 4 is 0 Å². The van der Waals surface area contributed by atoms with Crippen molar-refractivity contribution < 1.29 is 9.52 Å². The third kappa shape index (κ3) is 3.35. The Hall–Kier alpha value is -0.800. The quantitative estimate of drug-likeness (QED) is 0.782. The molecule has 0 saturated heterocycles. The van der Waals surface area contributed by atoms with E-state index >= 15 is 0 Å². The van der Waals surface area contributed by atoms with Crippen LogP contribution in [0.25, 0.3) is 0 Å². The molecule has 0 aliphatic carbocycles. The summed E-state index contributed by atoms with van der Waals surface area (Å²) in [6, 6.07) is 4.22. The largest absolute Gasteiger partial charge is 0.465 e. The van der Waals surface area contributed by atoms with Crippen LogP contribution < -0.4 is 5.32 Å². The van der Waals surface area contributed by atoms with E-state index in [9.17, 15) is 5.11 Å². The lowest BCUT2D eigenvalue weighted by Crippen LogP contribution is -2.39. The molecule has 3 unspecified atom stereocenters. The number of aryl methyl sites for hydroxylation is 1. The fourth-order valence-electron chi connectivity index (χ4n) is 1.77. The third-order valence-corrected chi connectivity index (χ3v) is 3.18. The molecule has 1 rings (SSSR count). The van der Waals surface area contributed by atoms with E-state index in [0.29, 0.717) is 5.92 Å². The zero-order valence-electron chi connectivity index (χ0n) is 10.7. The fourth-order valence-corrected chi connectivity index (χ4v) is 1.77. The Morgan fingerprint density at radius 3 is 2.50 bits per heavy atom. The highest BCUT2D eigenvalue weighted by atomic mass is 16.3. The van der Waals surface area contributed by atoms with Crippen molar-refractivity contribution in [2.24, 2.45) is 5.92 Å². The van der Waals surface area contributed by atoms with E-state index in [1.165, 1.54) is 0 Å². The van der Waals surface area contributed by atoms with Gasteiger partial charge in [-0.25, -0.2) is 0 Å². The van der Waals surface area contributed by atoms with Crippen LogP contribution in [0.3, 0.4) is 0 Å². The lowest BCUT2D eigenvalue weighted by Gasteiger charge is -2.25. The van der Waals surface area contributed by atoms with Gasteiger partial charge in [0.15, 0.2) is 0 Å². The van der Waals surface area contributed by atoms with Crippen LogP contribution >= 0.6 is 0 Å². The molecular formula is C13H23NO2. The first-order valence-electron chi connectivity index (χ1n) is 6.01. The van der Waals surface area contributed by atoms with Gasteiger partial charge < -0.3 is 14.8 Å². The first-order valence-corrected chi connectivity index (χ1v) is 6.01. The SMILES string of the molecule is CCC(C)C(CO)NC(C)c1ccc(C)o1. The van der Waals surface area contributed by atoms with E-state index in [0.717, 1.165) is 17.9 Å². The average molecular weight is 225 g/mol. The van der Waals surface area contributed by atoms with Crippen LogP contribution in [0.4, 0.5) is 0 Å². The lowest BCUT2D eigenvalue weighted by atomic mass is 9.99. The summed E-state index contributed by atoms with van der Waals surface area (Å²) in [6.07, 6.45) is 1.06. The first-order chi connectivity index (χ1) is 7.58. The summed E-state index contributed by atoms with van der Waals surface area (Å²) in [7, 11) is 0. The summed E-state index contributed by atoms with van der Waals surface area (Å²) in [5, 5.41) is 12.7. The number of nitrogens with one attached hydrogen (secondary N) is 1. The summed E-state index contributed by atoms with van der Waals surface area (Å²) < 4.78 is 5.56. The highest BCUT2D eigenvalue weighted by molar-refractivity contribution is 5.09. The summed E-state index contributed by atoms with van der Waals surface area (Å²) in [5.41, 5.74) is 0. The minimum absolute atomic E-state index is 0.130. The van der Waals surface area contributed by atoms with Crippen molar-refractivity contribution in [2.45, 2.75) is 46.2 Å². The zero-order chi connectivity index (χ0) is 12.1. The molecule has 0 fully saturated rings. The Morgan fingerprint density at radius 1 is 1.38 bits per heavy atom. The van der Waals surface area contributed by atoms with E-state index in [4.69, 9.17) is 4.42 Å². The Balaban J connectivity index is 2.58. The van der Waals surface area contributed by atoms with Gasteiger partial charge in [-0.1, -0.05) is 20.3 Å². The molecule has 2 N–H and O–H groups in total. The van der Waals surface area contributed by atoms with Gasteiger partial charge in [0.05, 0.1) is 12.6 Å². The summed E-state index contributed by atoms with van der Waals surface area (Å²) >= 11 is 0. The van der Waals surface area contributed by atoms with Crippen LogP contribution in [0.15, 0.2) is 16.5 Å². The van der Waals surface area contributed by atoms with Crippen LogP contribution in [-0.4, -0.2) is 17.8 Å². The minimum atomic E-state index is 0.130. The van der Waals surface area contributed by atoms with E-state index in [1.54, 1.807) is 0 Å². The maximum atomic E-state index is 9.34. The molecule has 0 radical (unpaired) electrons. The molecule has 3 heteroatoms.